The third-order valence-electron chi connectivity index (χ3n) is 4.02. The Kier molecular flexibility index (Phi) is 8.68. The molecule has 0 aromatic heterocycles. The molecule has 0 aromatic rings. The molecular formula is C16H27NO4. The number of nitrogens with zero attached hydrogens (tertiary/aromatic N) is 1. The number of hydrogen-bond acceptors (Lipinski definition) is 5. The Morgan fingerprint density at radius 2 is 1.71 bits per heavy atom. The molecule has 21 heavy (non-hydrogen) atoms. The molecule has 0 saturated carbocycles. The monoisotopic (exact) mass is 297 g/mol. The normalized spacial score (nSPS) is 16.2. The van der Waals surface area contributed by atoms with E-state index in [1.54, 1.807) is 13.8 Å². The molecule has 0 N–H and O–H groups in total. The molecule has 0 amide bonds. The van der Waals surface area contributed by atoms with Gasteiger partial charge in [-0.2, -0.15) is 5.26 Å². The van der Waals surface area contributed by atoms with Gasteiger partial charge in [-0.1, -0.05) is 20.3 Å². The molecule has 120 valence electrons. The Morgan fingerprint density at radius 3 is 2.10 bits per heavy atom. The molecule has 0 radical (unpaired) electrons. The summed E-state index contributed by atoms with van der Waals surface area (Å²) in [6, 6.07) is 2.30. The van der Waals surface area contributed by atoms with E-state index >= 15 is 0 Å². The van der Waals surface area contributed by atoms with E-state index in [0.717, 1.165) is 0 Å². The standard InChI is InChI=1S/C16H27NO4/c1-6-13(16(5,7-2)11-17)12(15(19)21-9-4)10-14(18)20-8-3/h12-13H,6-10H2,1-5H3. The van der Waals surface area contributed by atoms with Crippen LogP contribution in [0.3, 0.4) is 0 Å². The molecule has 3 unspecified atom stereocenters. The molecule has 0 aromatic carbocycles. The minimum atomic E-state index is -0.668. The molecule has 0 saturated heterocycles. The first-order valence-corrected chi connectivity index (χ1v) is 7.63. The second-order valence-electron chi connectivity index (χ2n) is 5.27. The molecule has 0 spiro atoms. The van der Waals surface area contributed by atoms with Crippen molar-refractivity contribution in [2.75, 3.05) is 13.2 Å². The topological polar surface area (TPSA) is 76.4 Å². The molecule has 0 fully saturated rings. The molecule has 3 atom stereocenters. The molecule has 5 heteroatoms. The number of hydrogen-bond donors (Lipinski definition) is 0. The summed E-state index contributed by atoms with van der Waals surface area (Å²) in [5.41, 5.74) is -0.668. The summed E-state index contributed by atoms with van der Waals surface area (Å²) < 4.78 is 10.0. The Bertz CT molecular complexity index is 388. The molecule has 5 nitrogen and oxygen atoms in total. The van der Waals surface area contributed by atoms with Crippen LogP contribution in [0.4, 0.5) is 0 Å². The predicted molar refractivity (Wildman–Crippen MR) is 79.2 cm³/mol. The summed E-state index contributed by atoms with van der Waals surface area (Å²) in [5.74, 6) is -1.73. The van der Waals surface area contributed by atoms with Gasteiger partial charge >= 0.3 is 11.9 Å². The summed E-state index contributed by atoms with van der Waals surface area (Å²) in [6.07, 6.45) is 1.20. The van der Waals surface area contributed by atoms with Gasteiger partial charge in [-0.15, -0.1) is 0 Å². The van der Waals surface area contributed by atoms with Crippen molar-refractivity contribution in [2.24, 2.45) is 17.3 Å². The number of nitriles is 1. The molecule has 0 rings (SSSR count). The number of carbonyl (C=O) groups is 2. The van der Waals surface area contributed by atoms with Gasteiger partial charge in [0.2, 0.25) is 0 Å². The Hall–Kier alpha value is -1.57. The first-order chi connectivity index (χ1) is 9.89. The van der Waals surface area contributed by atoms with Crippen LogP contribution in [0.25, 0.3) is 0 Å². The lowest BCUT2D eigenvalue weighted by Gasteiger charge is -2.34. The molecule has 0 aliphatic carbocycles. The van der Waals surface area contributed by atoms with Gasteiger partial charge in [0.05, 0.1) is 37.0 Å². The highest BCUT2D eigenvalue weighted by atomic mass is 16.5. The smallest absolute Gasteiger partial charge is 0.309 e. The zero-order valence-electron chi connectivity index (χ0n) is 13.8. The van der Waals surface area contributed by atoms with Crippen molar-refractivity contribution in [2.45, 2.75) is 53.9 Å². The van der Waals surface area contributed by atoms with E-state index < -0.39 is 23.3 Å². The van der Waals surface area contributed by atoms with E-state index in [9.17, 15) is 14.9 Å². The van der Waals surface area contributed by atoms with E-state index in [2.05, 4.69) is 6.07 Å². The predicted octanol–water partition coefficient (Wildman–Crippen LogP) is 3.08. The van der Waals surface area contributed by atoms with Crippen molar-refractivity contribution in [1.82, 2.24) is 0 Å². The Balaban J connectivity index is 5.38. The van der Waals surface area contributed by atoms with Gasteiger partial charge < -0.3 is 9.47 Å². The maximum absolute atomic E-state index is 12.2. The average Bonchev–Trinajstić information content (AvgIpc) is 2.47. The van der Waals surface area contributed by atoms with Crippen molar-refractivity contribution >= 4 is 11.9 Å². The first kappa shape index (κ1) is 19.4. The molecule has 0 heterocycles. The maximum Gasteiger partial charge on any atom is 0.309 e. The van der Waals surface area contributed by atoms with E-state index in [0.29, 0.717) is 12.8 Å². The summed E-state index contributed by atoms with van der Waals surface area (Å²) in [4.78, 5) is 24.0. The van der Waals surface area contributed by atoms with Crippen molar-refractivity contribution in [3.63, 3.8) is 0 Å². The molecular weight excluding hydrogens is 270 g/mol. The van der Waals surface area contributed by atoms with Crippen LogP contribution >= 0.6 is 0 Å². The third kappa shape index (κ3) is 5.37. The largest absolute Gasteiger partial charge is 0.466 e. The Morgan fingerprint density at radius 1 is 1.14 bits per heavy atom. The lowest BCUT2D eigenvalue weighted by Crippen LogP contribution is -2.38. The summed E-state index contributed by atoms with van der Waals surface area (Å²) in [6.45, 7) is 9.65. The highest BCUT2D eigenvalue weighted by Gasteiger charge is 2.42. The van der Waals surface area contributed by atoms with E-state index in [-0.39, 0.29) is 25.6 Å². The second kappa shape index (κ2) is 9.38. The number of ether oxygens (including phenoxy) is 2. The van der Waals surface area contributed by atoms with Crippen molar-refractivity contribution in [3.05, 3.63) is 0 Å². The van der Waals surface area contributed by atoms with Crippen LogP contribution < -0.4 is 0 Å². The fourth-order valence-corrected chi connectivity index (χ4v) is 2.64. The van der Waals surface area contributed by atoms with E-state index in [1.165, 1.54) is 0 Å². The van der Waals surface area contributed by atoms with Gasteiger partial charge in [-0.25, -0.2) is 0 Å². The first-order valence-electron chi connectivity index (χ1n) is 7.63. The summed E-state index contributed by atoms with van der Waals surface area (Å²) in [7, 11) is 0. The van der Waals surface area contributed by atoms with E-state index in [1.807, 2.05) is 20.8 Å². The van der Waals surface area contributed by atoms with Crippen LogP contribution in [-0.4, -0.2) is 25.2 Å². The van der Waals surface area contributed by atoms with Gasteiger partial charge in [0.25, 0.3) is 0 Å². The van der Waals surface area contributed by atoms with Gasteiger partial charge in [-0.05, 0) is 33.1 Å². The minimum Gasteiger partial charge on any atom is -0.466 e. The van der Waals surface area contributed by atoms with Crippen molar-refractivity contribution in [1.29, 1.82) is 5.26 Å². The van der Waals surface area contributed by atoms with Crippen LogP contribution in [0, 0.1) is 28.6 Å². The highest BCUT2D eigenvalue weighted by molar-refractivity contribution is 5.80. The fourth-order valence-electron chi connectivity index (χ4n) is 2.64. The van der Waals surface area contributed by atoms with Crippen molar-refractivity contribution < 1.29 is 19.1 Å². The van der Waals surface area contributed by atoms with Crippen molar-refractivity contribution in [3.8, 4) is 6.07 Å². The highest BCUT2D eigenvalue weighted by Crippen LogP contribution is 2.40. The summed E-state index contributed by atoms with van der Waals surface area (Å²) in [5, 5.41) is 9.47. The number of rotatable bonds is 9. The lowest BCUT2D eigenvalue weighted by molar-refractivity contribution is -0.158. The van der Waals surface area contributed by atoms with Crippen LogP contribution in [0.2, 0.25) is 0 Å². The third-order valence-corrected chi connectivity index (χ3v) is 4.02. The zero-order chi connectivity index (χ0) is 16.5. The lowest BCUT2D eigenvalue weighted by atomic mass is 9.67. The number of carbonyl (C=O) groups excluding carboxylic acids is 2. The van der Waals surface area contributed by atoms with Gasteiger partial charge in [0.1, 0.15) is 0 Å². The second-order valence-corrected chi connectivity index (χ2v) is 5.27. The minimum absolute atomic E-state index is 0.0392. The maximum atomic E-state index is 12.2. The van der Waals surface area contributed by atoms with E-state index in [4.69, 9.17) is 9.47 Å². The number of esters is 2. The van der Waals surface area contributed by atoms with Crippen LogP contribution in [-0.2, 0) is 19.1 Å². The molecule has 0 aliphatic rings. The zero-order valence-corrected chi connectivity index (χ0v) is 13.8. The van der Waals surface area contributed by atoms with Gasteiger partial charge in [-0.3, -0.25) is 9.59 Å². The summed E-state index contributed by atoms with van der Waals surface area (Å²) >= 11 is 0. The molecule has 0 bridgehead atoms. The Labute approximate surface area is 127 Å². The van der Waals surface area contributed by atoms with Gasteiger partial charge in [0, 0.05) is 0 Å². The fraction of sp³-hybridized carbons (Fsp3) is 0.812. The average molecular weight is 297 g/mol. The van der Waals surface area contributed by atoms with Gasteiger partial charge in [0.15, 0.2) is 0 Å². The molecule has 0 aliphatic heterocycles. The van der Waals surface area contributed by atoms with Crippen LogP contribution in [0.15, 0.2) is 0 Å². The van der Waals surface area contributed by atoms with Crippen LogP contribution in [0.5, 0.6) is 0 Å². The quantitative estimate of drug-likeness (QED) is 0.611. The van der Waals surface area contributed by atoms with Crippen LogP contribution in [0.1, 0.15) is 53.9 Å². The SMILES string of the molecule is CCOC(=O)CC(C(=O)OCC)C(CC)C(C)(C#N)CC.